The van der Waals surface area contributed by atoms with Crippen LogP contribution in [-0.4, -0.2) is 64.2 Å². The van der Waals surface area contributed by atoms with Crippen molar-refractivity contribution in [2.75, 3.05) is 13.1 Å². The van der Waals surface area contributed by atoms with Crippen LogP contribution in [0.1, 0.15) is 27.2 Å². The van der Waals surface area contributed by atoms with E-state index < -0.39 is 22.3 Å². The highest BCUT2D eigenvalue weighted by atomic mass is 16.6. The fourth-order valence-electron chi connectivity index (χ4n) is 4.55. The van der Waals surface area contributed by atoms with Crippen molar-refractivity contribution in [3.63, 3.8) is 0 Å². The molecule has 0 aromatic carbocycles. The molecule has 5 atom stereocenters. The van der Waals surface area contributed by atoms with Crippen LogP contribution in [0.2, 0.25) is 0 Å². The lowest BCUT2D eigenvalue weighted by Gasteiger charge is -2.60. The van der Waals surface area contributed by atoms with Crippen LogP contribution in [-0.2, 0) is 14.3 Å². The van der Waals surface area contributed by atoms with Gasteiger partial charge in [0.1, 0.15) is 0 Å². The van der Waals surface area contributed by atoms with Crippen LogP contribution >= 0.6 is 0 Å². The quantitative estimate of drug-likeness (QED) is 0.552. The fourth-order valence-corrected chi connectivity index (χ4v) is 4.55. The van der Waals surface area contributed by atoms with Crippen molar-refractivity contribution in [3.05, 3.63) is 34.0 Å². The number of hydrogen-bond donors (Lipinski definition) is 1. The molecule has 0 radical (unpaired) electrons. The molecular formula is C19H24N4O5. The lowest BCUT2D eigenvalue weighted by atomic mass is 9.62. The van der Waals surface area contributed by atoms with Gasteiger partial charge in [0.05, 0.1) is 22.7 Å². The molecule has 4 aliphatic rings. The largest absolute Gasteiger partial charge is 0.368 e. The Morgan fingerprint density at radius 3 is 2.89 bits per heavy atom. The van der Waals surface area contributed by atoms with Gasteiger partial charge in [-0.15, -0.1) is 0 Å². The molecule has 1 N–H and O–H groups in total. The Hall–Kier alpha value is -2.55. The molecule has 2 heterocycles. The zero-order chi connectivity index (χ0) is 20.2. The van der Waals surface area contributed by atoms with E-state index in [4.69, 9.17) is 4.74 Å². The van der Waals surface area contributed by atoms with Gasteiger partial charge in [0.2, 0.25) is 0 Å². The van der Waals surface area contributed by atoms with Crippen molar-refractivity contribution >= 4 is 17.5 Å². The van der Waals surface area contributed by atoms with Crippen molar-refractivity contribution in [3.8, 4) is 0 Å². The number of carbonyl (C=O) groups is 2. The van der Waals surface area contributed by atoms with E-state index in [1.807, 2.05) is 20.8 Å². The standard InChI is InChI=1S/C19H24N4O5/c1-10-6-7-20-14(17(24)21-10)18(25)22-9-19(2,3)28-16-12-5-4-11(23(26)27)8-13(12)15(16)22/h4-5,8,10,12-13,15-16H,6-7,9H2,1-3H3,(H,21,24). The second-order valence-electron chi connectivity index (χ2n) is 8.52. The minimum absolute atomic E-state index is 0.0199. The number of hydrogen-bond acceptors (Lipinski definition) is 6. The highest BCUT2D eigenvalue weighted by Gasteiger charge is 2.60. The second-order valence-corrected chi connectivity index (χ2v) is 8.52. The number of morpholine rings is 1. The highest BCUT2D eigenvalue weighted by Crippen LogP contribution is 2.49. The van der Waals surface area contributed by atoms with Crippen LogP contribution < -0.4 is 5.32 Å². The molecule has 9 nitrogen and oxygen atoms in total. The number of nitrogens with zero attached hydrogens (tertiary/aromatic N) is 3. The molecule has 1 saturated heterocycles. The van der Waals surface area contributed by atoms with E-state index in [0.29, 0.717) is 19.5 Å². The summed E-state index contributed by atoms with van der Waals surface area (Å²) in [5.74, 6) is -1.11. The van der Waals surface area contributed by atoms with Crippen molar-refractivity contribution in [1.29, 1.82) is 0 Å². The zero-order valence-corrected chi connectivity index (χ0v) is 16.1. The molecule has 9 heteroatoms. The summed E-state index contributed by atoms with van der Waals surface area (Å²) in [6.07, 6.45) is 5.31. The van der Waals surface area contributed by atoms with Crippen molar-refractivity contribution in [1.82, 2.24) is 10.2 Å². The maximum Gasteiger partial charge on any atom is 0.278 e. The Kier molecular flexibility index (Phi) is 4.37. The molecule has 0 aromatic rings. The number of nitro groups is 1. The Labute approximate surface area is 162 Å². The lowest BCUT2D eigenvalue weighted by Crippen LogP contribution is -2.73. The van der Waals surface area contributed by atoms with Gasteiger partial charge in [0.15, 0.2) is 5.71 Å². The van der Waals surface area contributed by atoms with Gasteiger partial charge in [0.25, 0.3) is 17.5 Å². The van der Waals surface area contributed by atoms with E-state index in [9.17, 15) is 19.7 Å². The predicted octanol–water partition coefficient (Wildman–Crippen LogP) is 0.687. The summed E-state index contributed by atoms with van der Waals surface area (Å²) in [4.78, 5) is 42.4. The predicted molar refractivity (Wildman–Crippen MR) is 100 cm³/mol. The van der Waals surface area contributed by atoms with Crippen molar-refractivity contribution in [2.45, 2.75) is 51.0 Å². The number of nitrogens with one attached hydrogen (secondary N) is 1. The molecule has 2 aliphatic heterocycles. The molecule has 0 spiro atoms. The third-order valence-electron chi connectivity index (χ3n) is 5.87. The molecule has 0 aromatic heterocycles. The summed E-state index contributed by atoms with van der Waals surface area (Å²) < 4.78 is 6.19. The topological polar surface area (TPSA) is 114 Å². The summed E-state index contributed by atoms with van der Waals surface area (Å²) in [6, 6.07) is -0.390. The third-order valence-corrected chi connectivity index (χ3v) is 5.87. The number of amides is 2. The van der Waals surface area contributed by atoms with Gasteiger partial charge in [0, 0.05) is 37.0 Å². The molecule has 150 valence electrons. The molecule has 5 unspecified atom stereocenters. The lowest BCUT2D eigenvalue weighted by molar-refractivity contribution is -0.420. The summed E-state index contributed by atoms with van der Waals surface area (Å²) in [7, 11) is 0. The number of ether oxygens (including phenoxy) is 1. The van der Waals surface area contributed by atoms with Crippen LogP contribution in [0.3, 0.4) is 0 Å². The number of fused-ring (bicyclic) bond motifs is 4. The molecular weight excluding hydrogens is 364 g/mol. The van der Waals surface area contributed by atoms with Crippen LogP contribution in [0.25, 0.3) is 0 Å². The van der Waals surface area contributed by atoms with Gasteiger partial charge in [-0.1, -0.05) is 6.08 Å². The third kappa shape index (κ3) is 3.03. The summed E-state index contributed by atoms with van der Waals surface area (Å²) >= 11 is 0. The van der Waals surface area contributed by atoms with E-state index in [1.54, 1.807) is 17.1 Å². The minimum Gasteiger partial charge on any atom is -0.368 e. The fraction of sp³-hybridized carbons (Fsp3) is 0.632. The summed E-state index contributed by atoms with van der Waals surface area (Å²) in [5.41, 5.74) is -0.651. The Morgan fingerprint density at radius 2 is 2.18 bits per heavy atom. The highest BCUT2D eigenvalue weighted by molar-refractivity contribution is 6.65. The smallest absolute Gasteiger partial charge is 0.278 e. The van der Waals surface area contributed by atoms with Gasteiger partial charge in [-0.2, -0.15) is 0 Å². The molecule has 2 amide bonds. The van der Waals surface area contributed by atoms with Gasteiger partial charge in [-0.25, -0.2) is 0 Å². The van der Waals surface area contributed by atoms with Crippen molar-refractivity contribution in [2.24, 2.45) is 16.8 Å². The first-order chi connectivity index (χ1) is 13.2. The average molecular weight is 388 g/mol. The Morgan fingerprint density at radius 1 is 1.43 bits per heavy atom. The molecule has 1 saturated carbocycles. The first-order valence-electron chi connectivity index (χ1n) is 9.56. The monoisotopic (exact) mass is 388 g/mol. The number of carbonyl (C=O) groups excluding carboxylic acids is 2. The van der Waals surface area contributed by atoms with Gasteiger partial charge >= 0.3 is 0 Å². The molecule has 0 bridgehead atoms. The van der Waals surface area contributed by atoms with Crippen LogP contribution in [0.5, 0.6) is 0 Å². The number of allylic oxidation sites excluding steroid dienone is 1. The first-order valence-corrected chi connectivity index (χ1v) is 9.56. The van der Waals surface area contributed by atoms with Crippen LogP contribution in [0.4, 0.5) is 0 Å². The van der Waals surface area contributed by atoms with Gasteiger partial charge in [-0.3, -0.25) is 24.7 Å². The molecule has 2 aliphatic carbocycles. The molecule has 28 heavy (non-hydrogen) atoms. The summed E-state index contributed by atoms with van der Waals surface area (Å²) in [5, 5.41) is 14.0. The van der Waals surface area contributed by atoms with E-state index >= 15 is 0 Å². The Bertz CT molecular complexity index is 830. The van der Waals surface area contributed by atoms with Crippen LogP contribution in [0.15, 0.2) is 28.9 Å². The summed E-state index contributed by atoms with van der Waals surface area (Å²) in [6.45, 7) is 6.38. The van der Waals surface area contributed by atoms with E-state index in [2.05, 4.69) is 10.3 Å². The average Bonchev–Trinajstić information content (AvgIpc) is 2.78. The maximum atomic E-state index is 13.3. The minimum atomic E-state index is -0.586. The maximum absolute atomic E-state index is 13.3. The van der Waals surface area contributed by atoms with Crippen LogP contribution in [0, 0.1) is 22.0 Å². The Balaban J connectivity index is 1.64. The second kappa shape index (κ2) is 6.51. The van der Waals surface area contributed by atoms with E-state index in [-0.39, 0.29) is 41.4 Å². The number of rotatable bonds is 2. The SMILES string of the molecule is CC1CCN=C(C(=O)N2CC(C)(C)OC3C4C=CC([N+](=O)[O-])=CC4C32)C(=O)N1. The molecule has 4 rings (SSSR count). The zero-order valence-electron chi connectivity index (χ0n) is 16.1. The van der Waals surface area contributed by atoms with E-state index in [0.717, 1.165) is 0 Å². The van der Waals surface area contributed by atoms with Gasteiger partial charge in [-0.05, 0) is 33.3 Å². The first kappa shape index (κ1) is 18.8. The number of aliphatic imine (C=N–C) groups is 1. The molecule has 2 fully saturated rings. The van der Waals surface area contributed by atoms with E-state index in [1.165, 1.54) is 6.08 Å². The van der Waals surface area contributed by atoms with Gasteiger partial charge < -0.3 is 15.0 Å². The van der Waals surface area contributed by atoms with Crippen molar-refractivity contribution < 1.29 is 19.2 Å². The normalized spacial score (nSPS) is 36.0.